The molecule has 0 atom stereocenters. The van der Waals surface area contributed by atoms with Crippen LogP contribution >= 0.6 is 0 Å². The van der Waals surface area contributed by atoms with Crippen molar-refractivity contribution in [2.24, 2.45) is 0 Å². The number of hydrogen-bond acceptors (Lipinski definition) is 6. The van der Waals surface area contributed by atoms with Gasteiger partial charge in [-0.2, -0.15) is 0 Å². The Bertz CT molecular complexity index is 974. The molecule has 6 nitrogen and oxygen atoms in total. The summed E-state index contributed by atoms with van der Waals surface area (Å²) in [5.74, 6) is 0.878. The number of benzene rings is 2. The fourth-order valence-corrected chi connectivity index (χ4v) is 3.61. The van der Waals surface area contributed by atoms with Gasteiger partial charge >= 0.3 is 5.97 Å². The summed E-state index contributed by atoms with van der Waals surface area (Å²) in [5, 5.41) is 0. The Morgan fingerprint density at radius 1 is 0.933 bits per heavy atom. The Morgan fingerprint density at radius 2 is 1.63 bits per heavy atom. The van der Waals surface area contributed by atoms with Gasteiger partial charge in [0.2, 0.25) is 5.75 Å². The van der Waals surface area contributed by atoms with Crippen molar-refractivity contribution in [2.75, 3.05) is 14.2 Å². The zero-order valence-corrected chi connectivity index (χ0v) is 18.3. The van der Waals surface area contributed by atoms with Crippen molar-refractivity contribution >= 4 is 11.8 Å². The van der Waals surface area contributed by atoms with E-state index in [1.807, 2.05) is 24.3 Å². The molecule has 0 aliphatic heterocycles. The van der Waals surface area contributed by atoms with Gasteiger partial charge in [0.15, 0.2) is 22.9 Å². The Hall–Kier alpha value is -3.02. The molecular formula is C24H28O6. The van der Waals surface area contributed by atoms with Gasteiger partial charge in [0.1, 0.15) is 0 Å². The molecule has 0 unspecified atom stereocenters. The van der Waals surface area contributed by atoms with E-state index in [1.54, 1.807) is 40.9 Å². The molecule has 0 heterocycles. The largest absolute Gasteiger partial charge is 0.493 e. The van der Waals surface area contributed by atoms with Gasteiger partial charge in [-0.25, -0.2) is 4.79 Å². The second-order valence-corrected chi connectivity index (χ2v) is 8.00. The van der Waals surface area contributed by atoms with Gasteiger partial charge in [0.05, 0.1) is 20.3 Å². The van der Waals surface area contributed by atoms with Crippen LogP contribution in [0.5, 0.6) is 17.2 Å². The van der Waals surface area contributed by atoms with Crippen LogP contribution in [0.3, 0.4) is 0 Å². The summed E-state index contributed by atoms with van der Waals surface area (Å²) in [6, 6.07) is 9.30. The summed E-state index contributed by atoms with van der Waals surface area (Å²) in [5.41, 5.74) is 2.03. The Kier molecular flexibility index (Phi) is 6.06. The van der Waals surface area contributed by atoms with Crippen molar-refractivity contribution in [2.45, 2.75) is 52.2 Å². The molecular weight excluding hydrogens is 384 g/mol. The van der Waals surface area contributed by atoms with Gasteiger partial charge in [0, 0.05) is 17.5 Å². The maximum absolute atomic E-state index is 12.6. The number of carbonyl (C=O) groups excluding carboxylic acids is 2. The standard InChI is InChI=1S/C24H28O6/c1-14(2)29-23(26)24(3,4)30-21-18(11-13-20(27-5)22(21)28-6)15-8-7-9-17-16(15)10-12-19(17)25/h7-9,11,13-14H,10,12H2,1-6H3. The van der Waals surface area contributed by atoms with Crippen LogP contribution in [0.1, 0.15) is 50.0 Å². The van der Waals surface area contributed by atoms with Crippen molar-refractivity contribution in [1.29, 1.82) is 0 Å². The van der Waals surface area contributed by atoms with Gasteiger partial charge in [-0.05, 0) is 57.4 Å². The predicted octanol–water partition coefficient (Wildman–Crippen LogP) is 4.61. The SMILES string of the molecule is COc1ccc(-c2cccc3c2CCC3=O)c(OC(C)(C)C(=O)OC(C)C)c1OC. The van der Waals surface area contributed by atoms with Crippen molar-refractivity contribution in [3.8, 4) is 28.4 Å². The molecule has 2 aromatic rings. The Labute approximate surface area is 177 Å². The van der Waals surface area contributed by atoms with Crippen LogP contribution in [0.4, 0.5) is 0 Å². The molecule has 0 N–H and O–H groups in total. The maximum Gasteiger partial charge on any atom is 0.350 e. The first-order valence-corrected chi connectivity index (χ1v) is 10.00. The zero-order chi connectivity index (χ0) is 22.1. The number of carbonyl (C=O) groups is 2. The molecule has 0 spiro atoms. The van der Waals surface area contributed by atoms with Crippen molar-refractivity contribution in [3.05, 3.63) is 41.5 Å². The van der Waals surface area contributed by atoms with E-state index >= 15 is 0 Å². The van der Waals surface area contributed by atoms with E-state index in [2.05, 4.69) is 0 Å². The van der Waals surface area contributed by atoms with Crippen molar-refractivity contribution in [1.82, 2.24) is 0 Å². The highest BCUT2D eigenvalue weighted by Crippen LogP contribution is 2.47. The molecule has 0 aromatic heterocycles. The van der Waals surface area contributed by atoms with E-state index in [0.29, 0.717) is 30.1 Å². The lowest BCUT2D eigenvalue weighted by molar-refractivity contribution is -0.163. The third kappa shape index (κ3) is 3.99. The molecule has 0 bridgehead atoms. The Morgan fingerprint density at radius 3 is 2.27 bits per heavy atom. The highest BCUT2D eigenvalue weighted by molar-refractivity contribution is 6.02. The maximum atomic E-state index is 12.6. The van der Waals surface area contributed by atoms with Gasteiger partial charge in [-0.1, -0.05) is 18.2 Å². The fraction of sp³-hybridized carbons (Fsp3) is 0.417. The topological polar surface area (TPSA) is 71.1 Å². The molecule has 0 saturated carbocycles. The molecule has 1 aliphatic carbocycles. The normalized spacial score (nSPS) is 13.2. The Balaban J connectivity index is 2.17. The molecule has 0 fully saturated rings. The number of Topliss-reactive ketones (excluding diaryl/α,β-unsaturated/α-hetero) is 1. The van der Waals surface area contributed by atoms with E-state index in [1.165, 1.54) is 7.11 Å². The van der Waals surface area contributed by atoms with Gasteiger partial charge in [0.25, 0.3) is 0 Å². The summed E-state index contributed by atoms with van der Waals surface area (Å²) in [4.78, 5) is 24.9. The summed E-state index contributed by atoms with van der Waals surface area (Å²) >= 11 is 0. The molecule has 0 saturated heterocycles. The summed E-state index contributed by atoms with van der Waals surface area (Å²) in [6.07, 6.45) is 0.884. The molecule has 0 amide bonds. The smallest absolute Gasteiger partial charge is 0.350 e. The first kappa shape index (κ1) is 21.7. The number of esters is 1. The first-order valence-electron chi connectivity index (χ1n) is 10.00. The predicted molar refractivity (Wildman–Crippen MR) is 114 cm³/mol. The lowest BCUT2D eigenvalue weighted by Crippen LogP contribution is -2.41. The van der Waals surface area contributed by atoms with E-state index in [0.717, 1.165) is 22.3 Å². The molecule has 6 heteroatoms. The third-order valence-electron chi connectivity index (χ3n) is 5.06. The van der Waals surface area contributed by atoms with E-state index < -0.39 is 11.6 Å². The molecule has 160 valence electrons. The number of methoxy groups -OCH3 is 2. The second kappa shape index (κ2) is 8.38. The average Bonchev–Trinajstić information content (AvgIpc) is 3.08. The van der Waals surface area contributed by atoms with Crippen LogP contribution in [0.15, 0.2) is 30.3 Å². The lowest BCUT2D eigenvalue weighted by atomic mass is 9.95. The first-order chi connectivity index (χ1) is 14.2. The van der Waals surface area contributed by atoms with Crippen LogP contribution < -0.4 is 14.2 Å². The summed E-state index contributed by atoms with van der Waals surface area (Å²) in [6.45, 7) is 6.88. The van der Waals surface area contributed by atoms with E-state index in [-0.39, 0.29) is 11.9 Å². The minimum absolute atomic E-state index is 0.135. The third-order valence-corrected chi connectivity index (χ3v) is 5.06. The van der Waals surface area contributed by atoms with E-state index in [9.17, 15) is 9.59 Å². The zero-order valence-electron chi connectivity index (χ0n) is 18.3. The van der Waals surface area contributed by atoms with Crippen molar-refractivity contribution in [3.63, 3.8) is 0 Å². The van der Waals surface area contributed by atoms with Crippen LogP contribution in [0.2, 0.25) is 0 Å². The van der Waals surface area contributed by atoms with Gasteiger partial charge < -0.3 is 18.9 Å². The second-order valence-electron chi connectivity index (χ2n) is 8.00. The van der Waals surface area contributed by atoms with Crippen LogP contribution in [-0.4, -0.2) is 37.7 Å². The molecule has 3 rings (SSSR count). The van der Waals surface area contributed by atoms with Crippen LogP contribution in [-0.2, 0) is 16.0 Å². The van der Waals surface area contributed by atoms with E-state index in [4.69, 9.17) is 18.9 Å². The van der Waals surface area contributed by atoms with Crippen molar-refractivity contribution < 1.29 is 28.5 Å². The number of ether oxygens (including phenoxy) is 4. The molecule has 30 heavy (non-hydrogen) atoms. The fourth-order valence-electron chi connectivity index (χ4n) is 3.61. The number of ketones is 1. The highest BCUT2D eigenvalue weighted by Gasteiger charge is 2.36. The van der Waals surface area contributed by atoms with Gasteiger partial charge in [-0.3, -0.25) is 4.79 Å². The average molecular weight is 412 g/mol. The quantitative estimate of drug-likeness (QED) is 0.619. The lowest BCUT2D eigenvalue weighted by Gasteiger charge is -2.28. The monoisotopic (exact) mass is 412 g/mol. The molecule has 1 aliphatic rings. The summed E-state index contributed by atoms with van der Waals surface area (Å²) < 4.78 is 22.7. The molecule has 0 radical (unpaired) electrons. The van der Waals surface area contributed by atoms with Crippen LogP contribution in [0, 0.1) is 0 Å². The summed E-state index contributed by atoms with van der Waals surface area (Å²) in [7, 11) is 3.06. The minimum atomic E-state index is -1.27. The number of rotatable bonds is 7. The molecule has 2 aromatic carbocycles. The highest BCUT2D eigenvalue weighted by atomic mass is 16.6. The minimum Gasteiger partial charge on any atom is -0.493 e. The van der Waals surface area contributed by atoms with Gasteiger partial charge in [-0.15, -0.1) is 0 Å². The number of fused-ring (bicyclic) bond motifs is 1. The van der Waals surface area contributed by atoms with Crippen LogP contribution in [0.25, 0.3) is 11.1 Å². The number of hydrogen-bond donors (Lipinski definition) is 0.